The molecule has 7 nitrogen and oxygen atoms in total. The largest absolute Gasteiger partial charge is 0.333 e. The zero-order valence-electron chi connectivity index (χ0n) is 13.8. The maximum atomic E-state index is 12.8. The van der Waals surface area contributed by atoms with Crippen LogP contribution >= 0.6 is 0 Å². The average molecular weight is 337 g/mol. The molecule has 4 rings (SSSR count). The summed E-state index contributed by atoms with van der Waals surface area (Å²) in [4.78, 5) is 41.1. The molecule has 2 saturated heterocycles. The highest BCUT2D eigenvalue weighted by molar-refractivity contribution is 5.92. The summed E-state index contributed by atoms with van der Waals surface area (Å²) in [5, 5.41) is 0. The Morgan fingerprint density at radius 3 is 2.68 bits per heavy atom. The van der Waals surface area contributed by atoms with Gasteiger partial charge in [0.25, 0.3) is 5.91 Å². The molecule has 0 saturated carbocycles. The predicted octanol–water partition coefficient (Wildman–Crippen LogP) is 1.28. The minimum absolute atomic E-state index is 0.0500. The van der Waals surface area contributed by atoms with E-state index >= 15 is 0 Å². The van der Waals surface area contributed by atoms with E-state index in [4.69, 9.17) is 0 Å². The number of pyridine rings is 1. The molecule has 7 heteroatoms. The van der Waals surface area contributed by atoms with Crippen LogP contribution in [0.2, 0.25) is 0 Å². The monoisotopic (exact) mass is 337 g/mol. The van der Waals surface area contributed by atoms with Gasteiger partial charge in [0.15, 0.2) is 0 Å². The molecule has 2 aliphatic rings. The van der Waals surface area contributed by atoms with E-state index in [1.165, 1.54) is 12.4 Å². The smallest absolute Gasteiger partial charge is 0.274 e. The van der Waals surface area contributed by atoms with Crippen LogP contribution in [-0.4, -0.2) is 55.2 Å². The van der Waals surface area contributed by atoms with Gasteiger partial charge in [-0.05, 0) is 30.5 Å². The van der Waals surface area contributed by atoms with E-state index < -0.39 is 0 Å². The lowest BCUT2D eigenvalue weighted by atomic mass is 9.95. The maximum absolute atomic E-state index is 12.8. The van der Waals surface area contributed by atoms with Crippen molar-refractivity contribution in [1.29, 1.82) is 0 Å². The van der Waals surface area contributed by atoms with Crippen LogP contribution in [0.3, 0.4) is 0 Å². The molecule has 0 radical (unpaired) electrons. The molecule has 0 spiro atoms. The number of piperidine rings is 1. The molecule has 2 aromatic heterocycles. The standard InChI is InChI=1S/C18H19N5O2/c24-17-2-1-15-16(23(17)12-13-3-6-19-7-4-13)5-10-22(15)18(25)14-11-20-8-9-21-14/h3-4,6-9,11,15-16H,1-2,5,10,12H2/t15-,16+/m1/s1. The molecule has 4 heterocycles. The molecule has 2 fully saturated rings. The van der Waals surface area contributed by atoms with Gasteiger partial charge >= 0.3 is 0 Å². The number of aromatic nitrogens is 3. The van der Waals surface area contributed by atoms with Gasteiger partial charge in [-0.1, -0.05) is 0 Å². The molecule has 2 atom stereocenters. The molecule has 2 amide bonds. The molecular weight excluding hydrogens is 318 g/mol. The van der Waals surface area contributed by atoms with Crippen molar-refractivity contribution < 1.29 is 9.59 Å². The Bertz CT molecular complexity index is 768. The zero-order chi connectivity index (χ0) is 17.2. The third kappa shape index (κ3) is 2.97. The zero-order valence-corrected chi connectivity index (χ0v) is 13.8. The Kier molecular flexibility index (Phi) is 4.13. The average Bonchev–Trinajstić information content (AvgIpc) is 3.09. The second-order valence-electron chi connectivity index (χ2n) is 6.43. The molecule has 0 aromatic carbocycles. The number of hydrogen-bond donors (Lipinski definition) is 0. The Balaban J connectivity index is 1.54. The van der Waals surface area contributed by atoms with Crippen molar-refractivity contribution in [2.45, 2.75) is 37.9 Å². The number of likely N-dealkylation sites (tertiary alicyclic amines) is 2. The van der Waals surface area contributed by atoms with E-state index in [1.54, 1.807) is 18.6 Å². The SMILES string of the molecule is O=C(c1cnccn1)N1CC[C@H]2[C@H]1CCC(=O)N2Cc1ccncc1. The third-order valence-corrected chi connectivity index (χ3v) is 5.03. The summed E-state index contributed by atoms with van der Waals surface area (Å²) in [6.45, 7) is 1.21. The summed E-state index contributed by atoms with van der Waals surface area (Å²) in [6.07, 6.45) is 10.0. The summed E-state index contributed by atoms with van der Waals surface area (Å²) >= 11 is 0. The second kappa shape index (κ2) is 6.58. The Morgan fingerprint density at radius 1 is 1.08 bits per heavy atom. The number of fused-ring (bicyclic) bond motifs is 1. The van der Waals surface area contributed by atoms with Crippen LogP contribution in [0, 0.1) is 0 Å². The first-order chi connectivity index (χ1) is 12.2. The fourth-order valence-electron chi connectivity index (χ4n) is 3.85. The Morgan fingerprint density at radius 2 is 1.92 bits per heavy atom. The lowest BCUT2D eigenvalue weighted by molar-refractivity contribution is -0.138. The van der Waals surface area contributed by atoms with E-state index in [-0.39, 0.29) is 23.9 Å². The van der Waals surface area contributed by atoms with Crippen molar-refractivity contribution in [1.82, 2.24) is 24.8 Å². The van der Waals surface area contributed by atoms with E-state index in [9.17, 15) is 9.59 Å². The van der Waals surface area contributed by atoms with Crippen molar-refractivity contribution in [2.75, 3.05) is 6.54 Å². The molecular formula is C18H19N5O2. The van der Waals surface area contributed by atoms with Crippen molar-refractivity contribution >= 4 is 11.8 Å². The number of nitrogens with zero attached hydrogens (tertiary/aromatic N) is 5. The van der Waals surface area contributed by atoms with Gasteiger partial charge in [-0.2, -0.15) is 0 Å². The van der Waals surface area contributed by atoms with Crippen molar-refractivity contribution in [3.8, 4) is 0 Å². The van der Waals surface area contributed by atoms with E-state index in [0.717, 1.165) is 12.0 Å². The summed E-state index contributed by atoms with van der Waals surface area (Å²) in [7, 11) is 0. The lowest BCUT2D eigenvalue weighted by Crippen LogP contribution is -2.52. The molecule has 128 valence electrons. The summed E-state index contributed by atoms with van der Waals surface area (Å²) in [5.74, 6) is 0.0608. The van der Waals surface area contributed by atoms with Crippen LogP contribution in [0.25, 0.3) is 0 Å². The van der Waals surface area contributed by atoms with Gasteiger partial charge in [0.05, 0.1) is 18.3 Å². The molecule has 0 N–H and O–H groups in total. The van der Waals surface area contributed by atoms with Gasteiger partial charge in [-0.15, -0.1) is 0 Å². The minimum Gasteiger partial charge on any atom is -0.333 e. The fourth-order valence-corrected chi connectivity index (χ4v) is 3.85. The van der Waals surface area contributed by atoms with Crippen molar-refractivity contribution in [3.63, 3.8) is 0 Å². The number of amides is 2. The van der Waals surface area contributed by atoms with Crippen LogP contribution in [0.4, 0.5) is 0 Å². The quantitative estimate of drug-likeness (QED) is 0.843. The van der Waals surface area contributed by atoms with Gasteiger partial charge in [-0.25, -0.2) is 4.98 Å². The molecule has 2 aromatic rings. The van der Waals surface area contributed by atoms with Crippen LogP contribution in [-0.2, 0) is 11.3 Å². The number of hydrogen-bond acceptors (Lipinski definition) is 5. The van der Waals surface area contributed by atoms with Crippen molar-refractivity contribution in [2.24, 2.45) is 0 Å². The molecule has 25 heavy (non-hydrogen) atoms. The first-order valence-electron chi connectivity index (χ1n) is 8.49. The van der Waals surface area contributed by atoms with Crippen molar-refractivity contribution in [3.05, 3.63) is 54.4 Å². The molecule has 0 bridgehead atoms. The van der Waals surface area contributed by atoms with Gasteiger partial charge < -0.3 is 9.80 Å². The van der Waals surface area contributed by atoms with Crippen LogP contribution in [0.1, 0.15) is 35.3 Å². The normalized spacial score (nSPS) is 22.8. The Hall–Kier alpha value is -2.83. The second-order valence-corrected chi connectivity index (χ2v) is 6.43. The number of carbonyl (C=O) groups excluding carboxylic acids is 2. The lowest BCUT2D eigenvalue weighted by Gasteiger charge is -2.39. The topological polar surface area (TPSA) is 79.3 Å². The Labute approximate surface area is 145 Å². The van der Waals surface area contributed by atoms with E-state index in [1.807, 2.05) is 21.9 Å². The first-order valence-corrected chi connectivity index (χ1v) is 8.49. The van der Waals surface area contributed by atoms with Crippen LogP contribution < -0.4 is 0 Å². The highest BCUT2D eigenvalue weighted by atomic mass is 16.2. The number of rotatable bonds is 3. The summed E-state index contributed by atoms with van der Waals surface area (Å²) < 4.78 is 0. The summed E-state index contributed by atoms with van der Waals surface area (Å²) in [5.41, 5.74) is 1.42. The minimum atomic E-state index is -0.0983. The fraction of sp³-hybridized carbons (Fsp3) is 0.389. The maximum Gasteiger partial charge on any atom is 0.274 e. The first kappa shape index (κ1) is 15.7. The third-order valence-electron chi connectivity index (χ3n) is 5.03. The van der Waals surface area contributed by atoms with E-state index in [0.29, 0.717) is 31.6 Å². The summed E-state index contributed by atoms with van der Waals surface area (Å²) in [6, 6.07) is 3.96. The van der Waals surface area contributed by atoms with Gasteiger partial charge in [-0.3, -0.25) is 19.6 Å². The highest BCUT2D eigenvalue weighted by Crippen LogP contribution is 2.33. The van der Waals surface area contributed by atoms with Gasteiger partial charge in [0.1, 0.15) is 5.69 Å². The van der Waals surface area contributed by atoms with Gasteiger partial charge in [0.2, 0.25) is 5.91 Å². The number of carbonyl (C=O) groups is 2. The predicted molar refractivity (Wildman–Crippen MR) is 89.3 cm³/mol. The van der Waals surface area contributed by atoms with Crippen LogP contribution in [0.15, 0.2) is 43.1 Å². The molecule has 0 aliphatic carbocycles. The highest BCUT2D eigenvalue weighted by Gasteiger charge is 2.45. The molecule has 2 aliphatic heterocycles. The van der Waals surface area contributed by atoms with Gasteiger partial charge in [0, 0.05) is 44.3 Å². The van der Waals surface area contributed by atoms with Crippen LogP contribution in [0.5, 0.6) is 0 Å². The molecule has 0 unspecified atom stereocenters. The van der Waals surface area contributed by atoms with E-state index in [2.05, 4.69) is 15.0 Å².